The third-order valence-electron chi connectivity index (χ3n) is 8.74. The van der Waals surface area contributed by atoms with E-state index in [2.05, 4.69) is 38.9 Å². The van der Waals surface area contributed by atoms with Crippen LogP contribution in [0.3, 0.4) is 0 Å². The van der Waals surface area contributed by atoms with Gasteiger partial charge in [0.15, 0.2) is 11.6 Å². The van der Waals surface area contributed by atoms with Gasteiger partial charge >= 0.3 is 6.09 Å². The van der Waals surface area contributed by atoms with Gasteiger partial charge in [0, 0.05) is 62.3 Å². The molecule has 3 aromatic carbocycles. The van der Waals surface area contributed by atoms with E-state index >= 15 is 4.39 Å². The second kappa shape index (κ2) is 16.6. The molecule has 0 atom stereocenters. The Kier molecular flexibility index (Phi) is 12.1. The fraction of sp³-hybridized carbons (Fsp3) is 0.395. The first-order valence-corrected chi connectivity index (χ1v) is 16.8. The quantitative estimate of drug-likeness (QED) is 0.160. The van der Waals surface area contributed by atoms with Gasteiger partial charge in [0.05, 0.1) is 20.8 Å². The van der Waals surface area contributed by atoms with Crippen LogP contribution in [0.15, 0.2) is 60.8 Å². The standard InChI is InChI=1S/C38H47FN6O5/c1-25(2)44-16-14-43(15-17-44)18-19-49-34-10-8-30(23-32(34)39)41-37-40-13-12-35(42-37)45(24-29-22-31(47-6)9-11-33(29)48-7)38(46)50-36-27(4)20-26(3)21-28(36)5/h8-13,20-23,25H,14-19,24H2,1-7H3,(H,40,41,42). The highest BCUT2D eigenvalue weighted by molar-refractivity contribution is 5.88. The number of benzene rings is 3. The molecule has 0 saturated carbocycles. The number of nitrogens with one attached hydrogen (secondary N) is 1. The maximum atomic E-state index is 15.1. The first-order chi connectivity index (χ1) is 24.0. The lowest BCUT2D eigenvalue weighted by molar-refractivity contribution is 0.0965. The molecule has 0 bridgehead atoms. The third-order valence-corrected chi connectivity index (χ3v) is 8.74. The van der Waals surface area contributed by atoms with E-state index in [0.717, 1.165) is 49.4 Å². The number of hydrogen-bond donors (Lipinski definition) is 1. The summed E-state index contributed by atoms with van der Waals surface area (Å²) in [4.78, 5) is 29.1. The smallest absolute Gasteiger partial charge is 0.421 e. The zero-order valence-corrected chi connectivity index (χ0v) is 30.0. The molecule has 1 fully saturated rings. The summed E-state index contributed by atoms with van der Waals surface area (Å²) < 4.78 is 37.9. The highest BCUT2D eigenvalue weighted by atomic mass is 19.1. The van der Waals surface area contributed by atoms with Crippen molar-refractivity contribution in [3.05, 3.63) is 88.9 Å². The summed E-state index contributed by atoms with van der Waals surface area (Å²) in [7, 11) is 3.13. The number of piperazine rings is 1. The van der Waals surface area contributed by atoms with E-state index in [0.29, 0.717) is 41.1 Å². The number of carbonyl (C=O) groups excluding carboxylic acids is 1. The van der Waals surface area contributed by atoms with E-state index in [1.54, 1.807) is 50.6 Å². The second-order valence-corrected chi connectivity index (χ2v) is 12.7. The Balaban J connectivity index is 1.32. The molecule has 1 aromatic heterocycles. The van der Waals surface area contributed by atoms with Crippen molar-refractivity contribution >= 4 is 23.5 Å². The Morgan fingerprint density at radius 3 is 2.32 bits per heavy atom. The number of halogens is 1. The summed E-state index contributed by atoms with van der Waals surface area (Å²) in [5.74, 6) is 1.73. The molecule has 1 amide bonds. The lowest BCUT2D eigenvalue weighted by atomic mass is 10.1. The Hall–Kier alpha value is -4.94. The molecule has 1 aliphatic rings. The molecule has 1 saturated heterocycles. The molecule has 2 heterocycles. The summed E-state index contributed by atoms with van der Waals surface area (Å²) in [5, 5.41) is 3.05. The largest absolute Gasteiger partial charge is 0.497 e. The van der Waals surface area contributed by atoms with Gasteiger partial charge in [-0.05, 0) is 82.1 Å². The van der Waals surface area contributed by atoms with Crippen molar-refractivity contribution in [3.8, 4) is 23.0 Å². The maximum Gasteiger partial charge on any atom is 0.421 e. The Labute approximate surface area is 293 Å². The van der Waals surface area contributed by atoms with E-state index < -0.39 is 11.9 Å². The number of amides is 1. The molecule has 0 aliphatic carbocycles. The molecule has 12 heteroatoms. The third kappa shape index (κ3) is 9.19. The van der Waals surface area contributed by atoms with Crippen LogP contribution in [0.5, 0.6) is 23.0 Å². The number of carbonyl (C=O) groups is 1. The van der Waals surface area contributed by atoms with Crippen molar-refractivity contribution in [2.24, 2.45) is 0 Å². The molecule has 0 spiro atoms. The summed E-state index contributed by atoms with van der Waals surface area (Å²) in [6.45, 7) is 15.4. The number of aryl methyl sites for hydroxylation is 3. The molecule has 1 N–H and O–H groups in total. The minimum atomic E-state index is -0.649. The van der Waals surface area contributed by atoms with Crippen LogP contribution in [0.1, 0.15) is 36.1 Å². The highest BCUT2D eigenvalue weighted by Crippen LogP contribution is 2.30. The van der Waals surface area contributed by atoms with Crippen molar-refractivity contribution in [2.75, 3.05) is 63.8 Å². The first kappa shape index (κ1) is 36.3. The molecular weight excluding hydrogens is 639 g/mol. The van der Waals surface area contributed by atoms with Gasteiger partial charge in [-0.2, -0.15) is 4.98 Å². The fourth-order valence-electron chi connectivity index (χ4n) is 6.06. The molecule has 0 unspecified atom stereocenters. The van der Waals surface area contributed by atoms with Crippen LogP contribution in [0.2, 0.25) is 0 Å². The topological polar surface area (TPSA) is 102 Å². The summed E-state index contributed by atoms with van der Waals surface area (Å²) in [6.07, 6.45) is 0.870. The van der Waals surface area contributed by atoms with E-state index in [1.807, 2.05) is 32.9 Å². The van der Waals surface area contributed by atoms with Crippen molar-refractivity contribution in [1.29, 1.82) is 0 Å². The summed E-state index contributed by atoms with van der Waals surface area (Å²) in [6, 6.07) is 16.0. The van der Waals surface area contributed by atoms with Gasteiger partial charge in [-0.25, -0.2) is 14.2 Å². The van der Waals surface area contributed by atoms with Gasteiger partial charge in [-0.1, -0.05) is 17.7 Å². The van der Waals surface area contributed by atoms with Crippen LogP contribution in [-0.4, -0.2) is 85.5 Å². The Bertz CT molecular complexity index is 1760. The first-order valence-electron chi connectivity index (χ1n) is 16.8. The fourth-order valence-corrected chi connectivity index (χ4v) is 6.06. The summed E-state index contributed by atoms with van der Waals surface area (Å²) in [5.41, 5.74) is 3.82. The van der Waals surface area contributed by atoms with Crippen molar-refractivity contribution in [3.63, 3.8) is 0 Å². The Morgan fingerprint density at radius 2 is 1.66 bits per heavy atom. The van der Waals surface area contributed by atoms with Crippen LogP contribution in [0, 0.1) is 26.6 Å². The van der Waals surface area contributed by atoms with Gasteiger partial charge in [0.1, 0.15) is 29.7 Å². The Morgan fingerprint density at radius 1 is 0.940 bits per heavy atom. The number of anilines is 3. The maximum absolute atomic E-state index is 15.1. The molecule has 1 aliphatic heterocycles. The molecule has 0 radical (unpaired) electrons. The molecule has 5 rings (SSSR count). The van der Waals surface area contributed by atoms with Crippen LogP contribution < -0.4 is 29.2 Å². The molecule has 266 valence electrons. The van der Waals surface area contributed by atoms with E-state index in [-0.39, 0.29) is 24.1 Å². The summed E-state index contributed by atoms with van der Waals surface area (Å²) >= 11 is 0. The lowest BCUT2D eigenvalue weighted by Gasteiger charge is -2.36. The minimum Gasteiger partial charge on any atom is -0.497 e. The zero-order chi connectivity index (χ0) is 35.8. The number of rotatable bonds is 13. The minimum absolute atomic E-state index is 0.0493. The highest BCUT2D eigenvalue weighted by Gasteiger charge is 2.24. The predicted octanol–water partition coefficient (Wildman–Crippen LogP) is 6.91. The van der Waals surface area contributed by atoms with Crippen molar-refractivity contribution in [1.82, 2.24) is 19.8 Å². The molecule has 50 heavy (non-hydrogen) atoms. The molecular formula is C38H47FN6O5. The average molecular weight is 687 g/mol. The van der Waals surface area contributed by atoms with E-state index in [9.17, 15) is 4.79 Å². The normalized spacial score (nSPS) is 13.6. The van der Waals surface area contributed by atoms with E-state index in [1.165, 1.54) is 17.2 Å². The van der Waals surface area contributed by atoms with Crippen LogP contribution in [0.4, 0.5) is 26.6 Å². The van der Waals surface area contributed by atoms with Crippen LogP contribution in [-0.2, 0) is 6.54 Å². The van der Waals surface area contributed by atoms with E-state index in [4.69, 9.17) is 18.9 Å². The van der Waals surface area contributed by atoms with Crippen LogP contribution in [0.25, 0.3) is 0 Å². The average Bonchev–Trinajstić information content (AvgIpc) is 3.09. The van der Waals surface area contributed by atoms with Gasteiger partial charge in [-0.15, -0.1) is 0 Å². The predicted molar refractivity (Wildman–Crippen MR) is 193 cm³/mol. The lowest BCUT2D eigenvalue weighted by Crippen LogP contribution is -2.49. The van der Waals surface area contributed by atoms with Gasteiger partial charge in [0.25, 0.3) is 0 Å². The zero-order valence-electron chi connectivity index (χ0n) is 30.0. The number of methoxy groups -OCH3 is 2. The number of hydrogen-bond acceptors (Lipinski definition) is 10. The van der Waals surface area contributed by atoms with Gasteiger partial charge in [0.2, 0.25) is 5.95 Å². The SMILES string of the molecule is COc1ccc(OC)c(CN(C(=O)Oc2c(C)cc(C)cc2C)c2ccnc(Nc3ccc(OCCN4CCN(C(C)C)CC4)c(F)c3)n2)c1. The number of ether oxygens (including phenoxy) is 4. The van der Waals surface area contributed by atoms with Gasteiger partial charge in [-0.3, -0.25) is 14.7 Å². The van der Waals surface area contributed by atoms with Crippen molar-refractivity contribution in [2.45, 2.75) is 47.2 Å². The number of aromatic nitrogens is 2. The monoisotopic (exact) mass is 686 g/mol. The van der Waals surface area contributed by atoms with Gasteiger partial charge < -0.3 is 24.3 Å². The van der Waals surface area contributed by atoms with Crippen LogP contribution >= 0.6 is 0 Å². The van der Waals surface area contributed by atoms with Crippen molar-refractivity contribution < 1.29 is 28.1 Å². The molecule has 11 nitrogen and oxygen atoms in total. The second-order valence-electron chi connectivity index (χ2n) is 12.7. The number of nitrogens with zero attached hydrogens (tertiary/aromatic N) is 5. The molecule has 4 aromatic rings.